The molecule has 2 fully saturated rings. The third-order valence-corrected chi connectivity index (χ3v) is 3.76. The molecular weight excluding hydrogens is 208 g/mol. The van der Waals surface area contributed by atoms with Crippen molar-refractivity contribution in [1.82, 2.24) is 10.1 Å². The summed E-state index contributed by atoms with van der Waals surface area (Å²) in [5.74, 6) is 0.412. The van der Waals surface area contributed by atoms with Crippen molar-refractivity contribution in [3.8, 4) is 0 Å². The van der Waals surface area contributed by atoms with Crippen LogP contribution in [-0.2, 0) is 4.79 Å². The van der Waals surface area contributed by atoms with Gasteiger partial charge in [0.05, 0.1) is 11.8 Å². The minimum atomic E-state index is -0.777. The third kappa shape index (κ3) is 1.27. The number of hydrogen-bond donors (Lipinski definition) is 1. The van der Waals surface area contributed by atoms with Crippen molar-refractivity contribution in [3.05, 3.63) is 11.7 Å². The fraction of sp³-hybridized carbons (Fsp3) is 0.727. The lowest BCUT2D eigenvalue weighted by molar-refractivity contribution is -0.139. The van der Waals surface area contributed by atoms with Crippen molar-refractivity contribution in [1.29, 1.82) is 0 Å². The second kappa shape index (κ2) is 2.84. The van der Waals surface area contributed by atoms with Crippen molar-refractivity contribution in [2.75, 3.05) is 0 Å². The molecule has 2 atom stereocenters. The highest BCUT2D eigenvalue weighted by atomic mass is 16.5. The molecule has 1 aromatic heterocycles. The number of carboxylic acids is 1. The number of nitrogens with zero attached hydrogens (tertiary/aromatic N) is 2. The first kappa shape index (κ1) is 9.81. The number of aliphatic carboxylic acids is 1. The van der Waals surface area contributed by atoms with Crippen LogP contribution >= 0.6 is 0 Å². The van der Waals surface area contributed by atoms with Gasteiger partial charge in [-0.15, -0.1) is 0 Å². The van der Waals surface area contributed by atoms with E-state index in [1.54, 1.807) is 0 Å². The smallest absolute Gasteiger partial charge is 0.307 e. The van der Waals surface area contributed by atoms with E-state index in [9.17, 15) is 4.79 Å². The molecule has 1 heterocycles. The summed E-state index contributed by atoms with van der Waals surface area (Å²) < 4.78 is 5.18. The van der Waals surface area contributed by atoms with Gasteiger partial charge in [0.15, 0.2) is 5.82 Å². The van der Waals surface area contributed by atoms with E-state index in [2.05, 4.69) is 10.1 Å². The monoisotopic (exact) mass is 222 g/mol. The molecule has 5 nitrogen and oxygen atoms in total. The van der Waals surface area contributed by atoms with Gasteiger partial charge in [0, 0.05) is 5.92 Å². The van der Waals surface area contributed by atoms with E-state index in [0.717, 1.165) is 18.7 Å². The predicted octanol–water partition coefficient (Wildman–Crippen LogP) is 1.77. The van der Waals surface area contributed by atoms with Crippen LogP contribution in [0.2, 0.25) is 0 Å². The normalized spacial score (nSPS) is 31.4. The van der Waals surface area contributed by atoms with Crippen molar-refractivity contribution < 1.29 is 14.4 Å². The zero-order valence-corrected chi connectivity index (χ0v) is 9.30. The van der Waals surface area contributed by atoms with Gasteiger partial charge in [-0.05, 0) is 18.3 Å². The van der Waals surface area contributed by atoms with E-state index in [-0.39, 0.29) is 17.3 Å². The molecule has 0 aliphatic heterocycles. The van der Waals surface area contributed by atoms with Crippen LogP contribution in [0.3, 0.4) is 0 Å². The van der Waals surface area contributed by atoms with Gasteiger partial charge in [0.1, 0.15) is 0 Å². The molecule has 0 radical (unpaired) electrons. The number of aromatic nitrogens is 2. The first-order chi connectivity index (χ1) is 7.51. The summed E-state index contributed by atoms with van der Waals surface area (Å²) in [6, 6.07) is 0. The van der Waals surface area contributed by atoms with Crippen LogP contribution in [0.4, 0.5) is 0 Å². The van der Waals surface area contributed by atoms with Crippen LogP contribution in [0.25, 0.3) is 0 Å². The van der Waals surface area contributed by atoms with Crippen LogP contribution in [0, 0.1) is 11.3 Å². The molecule has 2 aliphatic carbocycles. The molecule has 3 rings (SSSR count). The average Bonchev–Trinajstić information content (AvgIpc) is 3.06. The molecule has 2 unspecified atom stereocenters. The lowest BCUT2D eigenvalue weighted by Gasteiger charge is -1.96. The zero-order chi connectivity index (χ0) is 11.5. The first-order valence-corrected chi connectivity index (χ1v) is 5.58. The van der Waals surface area contributed by atoms with Gasteiger partial charge in [-0.1, -0.05) is 19.0 Å². The number of carboxylic acid groups (broad SMARTS) is 1. The van der Waals surface area contributed by atoms with Crippen LogP contribution in [-0.4, -0.2) is 21.2 Å². The summed E-state index contributed by atoms with van der Waals surface area (Å²) in [6.45, 7) is 3.86. The third-order valence-electron chi connectivity index (χ3n) is 3.76. The number of rotatable bonds is 3. The summed E-state index contributed by atoms with van der Waals surface area (Å²) in [6.07, 6.45) is 2.24. The quantitative estimate of drug-likeness (QED) is 0.843. The van der Waals surface area contributed by atoms with Gasteiger partial charge in [-0.2, -0.15) is 4.98 Å². The fourth-order valence-corrected chi connectivity index (χ4v) is 2.44. The van der Waals surface area contributed by atoms with E-state index < -0.39 is 5.97 Å². The molecule has 1 N–H and O–H groups in total. The lowest BCUT2D eigenvalue weighted by Crippen LogP contribution is -2.03. The largest absolute Gasteiger partial charge is 0.481 e. The van der Waals surface area contributed by atoms with E-state index in [1.165, 1.54) is 0 Å². The second-order valence-corrected chi connectivity index (χ2v) is 5.38. The van der Waals surface area contributed by atoms with Crippen LogP contribution in [0.15, 0.2) is 4.52 Å². The van der Waals surface area contributed by atoms with Crippen molar-refractivity contribution in [2.45, 2.75) is 38.5 Å². The van der Waals surface area contributed by atoms with Crippen molar-refractivity contribution in [3.63, 3.8) is 0 Å². The van der Waals surface area contributed by atoms with Gasteiger partial charge in [0.25, 0.3) is 0 Å². The molecule has 0 amide bonds. The Hall–Kier alpha value is -1.39. The Labute approximate surface area is 92.8 Å². The maximum absolute atomic E-state index is 11.0. The van der Waals surface area contributed by atoms with Crippen LogP contribution < -0.4 is 0 Å². The van der Waals surface area contributed by atoms with E-state index in [1.807, 2.05) is 13.8 Å². The van der Waals surface area contributed by atoms with E-state index in [0.29, 0.717) is 11.8 Å². The molecule has 1 aromatic rings. The van der Waals surface area contributed by atoms with Gasteiger partial charge in [0.2, 0.25) is 5.89 Å². The highest BCUT2D eigenvalue weighted by molar-refractivity contribution is 5.77. The molecule has 0 bridgehead atoms. The van der Waals surface area contributed by atoms with E-state index in [4.69, 9.17) is 9.63 Å². The predicted molar refractivity (Wildman–Crippen MR) is 53.9 cm³/mol. The lowest BCUT2D eigenvalue weighted by atomic mass is 10.1. The molecule has 0 saturated heterocycles. The Balaban J connectivity index is 1.84. The summed E-state index contributed by atoms with van der Waals surface area (Å²) in [4.78, 5) is 15.3. The standard InChI is InChI=1S/C11H14N2O3/c1-11(2)6(7(11)10(14)15)9-12-8(13-16-9)5-3-4-5/h5-7H,3-4H2,1-2H3,(H,14,15). The SMILES string of the molecule is CC1(C)C(C(=O)O)C1c1nc(C2CC2)no1. The van der Waals surface area contributed by atoms with Crippen molar-refractivity contribution in [2.24, 2.45) is 11.3 Å². The topological polar surface area (TPSA) is 76.2 Å². The van der Waals surface area contributed by atoms with Gasteiger partial charge < -0.3 is 9.63 Å². The van der Waals surface area contributed by atoms with Gasteiger partial charge in [-0.25, -0.2) is 0 Å². The first-order valence-electron chi connectivity index (χ1n) is 5.58. The molecule has 0 aromatic carbocycles. The summed E-state index contributed by atoms with van der Waals surface area (Å²) in [7, 11) is 0. The molecule has 2 saturated carbocycles. The summed E-state index contributed by atoms with van der Waals surface area (Å²) in [5, 5.41) is 13.0. The molecule has 2 aliphatic rings. The molecule has 16 heavy (non-hydrogen) atoms. The molecule has 0 spiro atoms. The Bertz CT molecular complexity index is 448. The Morgan fingerprint density at radius 2 is 2.19 bits per heavy atom. The maximum atomic E-state index is 11.0. The zero-order valence-electron chi connectivity index (χ0n) is 9.30. The number of hydrogen-bond acceptors (Lipinski definition) is 4. The van der Waals surface area contributed by atoms with E-state index >= 15 is 0 Å². The molecular formula is C11H14N2O3. The molecule has 86 valence electrons. The maximum Gasteiger partial charge on any atom is 0.307 e. The summed E-state index contributed by atoms with van der Waals surface area (Å²) >= 11 is 0. The number of carbonyl (C=O) groups is 1. The average molecular weight is 222 g/mol. The Morgan fingerprint density at radius 1 is 1.50 bits per heavy atom. The second-order valence-electron chi connectivity index (χ2n) is 5.38. The minimum Gasteiger partial charge on any atom is -0.481 e. The summed E-state index contributed by atoms with van der Waals surface area (Å²) in [5.41, 5.74) is -0.265. The van der Waals surface area contributed by atoms with Crippen molar-refractivity contribution >= 4 is 5.97 Å². The van der Waals surface area contributed by atoms with Crippen LogP contribution in [0.1, 0.15) is 50.2 Å². The Morgan fingerprint density at radius 3 is 2.69 bits per heavy atom. The van der Waals surface area contributed by atoms with Gasteiger partial charge >= 0.3 is 5.97 Å². The van der Waals surface area contributed by atoms with Crippen LogP contribution in [0.5, 0.6) is 0 Å². The fourth-order valence-electron chi connectivity index (χ4n) is 2.44. The highest BCUT2D eigenvalue weighted by Gasteiger charge is 2.65. The Kier molecular flexibility index (Phi) is 1.74. The van der Waals surface area contributed by atoms with Gasteiger partial charge in [-0.3, -0.25) is 4.79 Å². The molecule has 5 heteroatoms. The minimum absolute atomic E-state index is 0.120. The highest BCUT2D eigenvalue weighted by Crippen LogP contribution is 2.64.